The fourth-order valence-electron chi connectivity index (χ4n) is 1.65. The second-order valence-electron chi connectivity index (χ2n) is 4.00. The molecule has 0 saturated carbocycles. The van der Waals surface area contributed by atoms with Gasteiger partial charge in [0, 0.05) is 24.9 Å². The first-order valence-corrected chi connectivity index (χ1v) is 6.97. The number of hydrogen-bond acceptors (Lipinski definition) is 3. The first-order valence-electron chi connectivity index (χ1n) is 5.71. The highest BCUT2D eigenvalue weighted by Gasteiger charge is 2.05. The number of aryl methyl sites for hydroxylation is 1. The van der Waals surface area contributed by atoms with E-state index in [-0.39, 0.29) is 10.8 Å². The molecule has 2 aromatic rings. The largest absolute Gasteiger partial charge is 0.312 e. The zero-order valence-electron chi connectivity index (χ0n) is 10.0. The molecule has 1 aromatic carbocycles. The van der Waals surface area contributed by atoms with Crippen LogP contribution < -0.4 is 5.32 Å². The molecule has 1 heterocycles. The highest BCUT2D eigenvalue weighted by atomic mass is 35.5. The van der Waals surface area contributed by atoms with Gasteiger partial charge in [0.1, 0.15) is 5.82 Å². The van der Waals surface area contributed by atoms with Gasteiger partial charge in [-0.2, -0.15) is 0 Å². The highest BCUT2D eigenvalue weighted by molar-refractivity contribution is 7.09. The summed E-state index contributed by atoms with van der Waals surface area (Å²) in [6, 6.07) is 4.86. The van der Waals surface area contributed by atoms with Crippen LogP contribution in [0.2, 0.25) is 5.02 Å². The fraction of sp³-hybridized carbons (Fsp3) is 0.308. The van der Waals surface area contributed by atoms with E-state index in [0.717, 1.165) is 29.2 Å². The Kier molecular flexibility index (Phi) is 4.69. The van der Waals surface area contributed by atoms with Gasteiger partial charge in [0.05, 0.1) is 15.7 Å². The van der Waals surface area contributed by atoms with Crippen molar-refractivity contribution < 1.29 is 4.39 Å². The maximum absolute atomic E-state index is 13.2. The Morgan fingerprint density at radius 2 is 2.28 bits per heavy atom. The van der Waals surface area contributed by atoms with E-state index < -0.39 is 0 Å². The molecule has 18 heavy (non-hydrogen) atoms. The van der Waals surface area contributed by atoms with Gasteiger partial charge in [-0.15, -0.1) is 11.3 Å². The molecule has 5 heteroatoms. The summed E-state index contributed by atoms with van der Waals surface area (Å²) in [5, 5.41) is 6.59. The third-order valence-corrected chi connectivity index (χ3v) is 3.82. The second kappa shape index (κ2) is 6.27. The molecule has 1 N–H and O–H groups in total. The second-order valence-corrected chi connectivity index (χ2v) is 5.44. The Balaban J connectivity index is 1.80. The summed E-state index contributed by atoms with van der Waals surface area (Å²) in [4.78, 5) is 4.38. The zero-order valence-corrected chi connectivity index (χ0v) is 11.6. The van der Waals surface area contributed by atoms with Gasteiger partial charge in [-0.3, -0.25) is 0 Å². The lowest BCUT2D eigenvalue weighted by molar-refractivity contribution is 0.620. The van der Waals surface area contributed by atoms with Crippen LogP contribution in [0.3, 0.4) is 0 Å². The van der Waals surface area contributed by atoms with Gasteiger partial charge >= 0.3 is 0 Å². The van der Waals surface area contributed by atoms with Crippen LogP contribution in [0.5, 0.6) is 0 Å². The highest BCUT2D eigenvalue weighted by Crippen LogP contribution is 2.19. The monoisotopic (exact) mass is 284 g/mol. The molecule has 2 rings (SSSR count). The molecule has 0 fully saturated rings. The molecule has 0 aliphatic heterocycles. The van der Waals surface area contributed by atoms with Gasteiger partial charge in [-0.25, -0.2) is 9.37 Å². The van der Waals surface area contributed by atoms with Crippen molar-refractivity contribution in [3.63, 3.8) is 0 Å². The average Bonchev–Trinajstić information content (AvgIpc) is 2.76. The predicted octanol–water partition coefficient (Wildman–Crippen LogP) is 3.58. The van der Waals surface area contributed by atoms with Crippen molar-refractivity contribution in [1.29, 1.82) is 0 Å². The summed E-state index contributed by atoms with van der Waals surface area (Å²) in [6.45, 7) is 3.36. The smallest absolute Gasteiger partial charge is 0.142 e. The molecular formula is C13H14ClFN2S. The maximum Gasteiger partial charge on any atom is 0.142 e. The number of benzene rings is 1. The quantitative estimate of drug-likeness (QED) is 0.849. The maximum atomic E-state index is 13.2. The standard InChI is InChI=1S/C13H14ClFN2S/c1-9-17-11(8-18-9)5-6-16-7-10-3-2-4-12(15)13(10)14/h2-4,8,16H,5-7H2,1H3. The van der Waals surface area contributed by atoms with Gasteiger partial charge in [0.25, 0.3) is 0 Å². The molecule has 96 valence electrons. The Labute approximate surface area is 115 Å². The zero-order chi connectivity index (χ0) is 13.0. The van der Waals surface area contributed by atoms with Gasteiger partial charge < -0.3 is 5.32 Å². The number of nitrogens with one attached hydrogen (secondary N) is 1. The van der Waals surface area contributed by atoms with E-state index in [2.05, 4.69) is 15.7 Å². The minimum Gasteiger partial charge on any atom is -0.312 e. The Morgan fingerprint density at radius 3 is 3.00 bits per heavy atom. The molecule has 0 amide bonds. The normalized spacial score (nSPS) is 10.8. The molecule has 1 aromatic heterocycles. The fourth-order valence-corrected chi connectivity index (χ4v) is 2.49. The van der Waals surface area contributed by atoms with E-state index in [1.807, 2.05) is 13.0 Å². The van der Waals surface area contributed by atoms with E-state index >= 15 is 0 Å². The van der Waals surface area contributed by atoms with Crippen LogP contribution >= 0.6 is 22.9 Å². The molecule has 0 aliphatic rings. The third kappa shape index (κ3) is 3.51. The van der Waals surface area contributed by atoms with Crippen molar-refractivity contribution in [2.75, 3.05) is 6.54 Å². The number of halogens is 2. The molecule has 0 aliphatic carbocycles. The number of rotatable bonds is 5. The van der Waals surface area contributed by atoms with E-state index in [4.69, 9.17) is 11.6 Å². The van der Waals surface area contributed by atoms with Crippen LogP contribution in [-0.4, -0.2) is 11.5 Å². The lowest BCUT2D eigenvalue weighted by atomic mass is 10.2. The van der Waals surface area contributed by atoms with Gasteiger partial charge in [-0.1, -0.05) is 23.7 Å². The van der Waals surface area contributed by atoms with Crippen molar-refractivity contribution in [3.8, 4) is 0 Å². The van der Waals surface area contributed by atoms with Gasteiger partial charge in [0.2, 0.25) is 0 Å². The number of nitrogens with zero attached hydrogens (tertiary/aromatic N) is 1. The lowest BCUT2D eigenvalue weighted by Gasteiger charge is -2.06. The van der Waals surface area contributed by atoms with Crippen molar-refractivity contribution in [1.82, 2.24) is 10.3 Å². The van der Waals surface area contributed by atoms with Crippen LogP contribution in [-0.2, 0) is 13.0 Å². The number of thiazole rings is 1. The van der Waals surface area contributed by atoms with Crippen LogP contribution in [0.1, 0.15) is 16.3 Å². The number of aromatic nitrogens is 1. The van der Waals surface area contributed by atoms with Crippen molar-refractivity contribution in [3.05, 3.63) is 50.7 Å². The van der Waals surface area contributed by atoms with E-state index in [9.17, 15) is 4.39 Å². The van der Waals surface area contributed by atoms with Crippen LogP contribution in [0.15, 0.2) is 23.6 Å². The van der Waals surface area contributed by atoms with Crippen LogP contribution in [0.25, 0.3) is 0 Å². The molecule has 2 nitrogen and oxygen atoms in total. The summed E-state index contributed by atoms with van der Waals surface area (Å²) in [6.07, 6.45) is 0.872. The van der Waals surface area contributed by atoms with Crippen LogP contribution in [0.4, 0.5) is 4.39 Å². The lowest BCUT2D eigenvalue weighted by Crippen LogP contribution is -2.17. The summed E-state index contributed by atoms with van der Waals surface area (Å²) >= 11 is 7.52. The minimum atomic E-state index is -0.369. The van der Waals surface area contributed by atoms with E-state index in [1.165, 1.54) is 6.07 Å². The van der Waals surface area contributed by atoms with Crippen molar-refractivity contribution in [2.45, 2.75) is 19.9 Å². The third-order valence-electron chi connectivity index (χ3n) is 2.57. The molecule has 0 bridgehead atoms. The van der Waals surface area contributed by atoms with Gasteiger partial charge in [0.15, 0.2) is 0 Å². The van der Waals surface area contributed by atoms with Crippen molar-refractivity contribution in [2.24, 2.45) is 0 Å². The summed E-state index contributed by atoms with van der Waals surface area (Å²) in [5.41, 5.74) is 1.88. The van der Waals surface area contributed by atoms with E-state index in [1.54, 1.807) is 17.4 Å². The Bertz CT molecular complexity index is 527. The van der Waals surface area contributed by atoms with E-state index in [0.29, 0.717) is 6.54 Å². The predicted molar refractivity (Wildman–Crippen MR) is 73.7 cm³/mol. The molecule has 0 saturated heterocycles. The van der Waals surface area contributed by atoms with Crippen molar-refractivity contribution >= 4 is 22.9 Å². The molecule has 0 atom stereocenters. The number of hydrogen-bond donors (Lipinski definition) is 1. The summed E-state index contributed by atoms with van der Waals surface area (Å²) in [7, 11) is 0. The molecule has 0 unspecified atom stereocenters. The summed E-state index contributed by atoms with van der Waals surface area (Å²) < 4.78 is 13.2. The average molecular weight is 285 g/mol. The molecule has 0 spiro atoms. The first-order chi connectivity index (χ1) is 8.66. The SMILES string of the molecule is Cc1nc(CCNCc2cccc(F)c2Cl)cs1. The van der Waals surface area contributed by atoms with Gasteiger partial charge in [-0.05, 0) is 18.6 Å². The van der Waals surface area contributed by atoms with Crippen LogP contribution in [0, 0.1) is 12.7 Å². The topological polar surface area (TPSA) is 24.9 Å². The minimum absolute atomic E-state index is 0.203. The summed E-state index contributed by atoms with van der Waals surface area (Å²) in [5.74, 6) is -0.369. The Morgan fingerprint density at radius 1 is 1.44 bits per heavy atom. The Hall–Kier alpha value is -0.970. The molecular weight excluding hydrogens is 271 g/mol. The first kappa shape index (κ1) is 13.5. The molecule has 0 radical (unpaired) electrons.